The molecule has 154 valence electrons. The molecule has 0 aliphatic carbocycles. The van der Waals surface area contributed by atoms with E-state index in [1.165, 1.54) is 38.6 Å². The largest absolute Gasteiger partial charge is 0.496 e. The van der Waals surface area contributed by atoms with Crippen molar-refractivity contribution >= 4 is 16.9 Å². The number of benzene rings is 1. The number of methoxy groups -OCH3 is 1. The number of likely N-dealkylation sites (tertiary alicyclic amines) is 1. The fraction of sp³-hybridized carbons (Fsp3) is 0.500. The minimum absolute atomic E-state index is 0.477. The van der Waals surface area contributed by atoms with Crippen LogP contribution in [0.1, 0.15) is 39.0 Å². The Bertz CT molecular complexity index is 942. The Morgan fingerprint density at radius 2 is 2.14 bits per heavy atom. The molecule has 2 aromatic heterocycles. The molecule has 0 saturated carbocycles. The highest BCUT2D eigenvalue weighted by Crippen LogP contribution is 2.36. The molecule has 1 fully saturated rings. The third-order valence-electron chi connectivity index (χ3n) is 5.77. The second-order valence-electron chi connectivity index (χ2n) is 7.51. The maximum atomic E-state index is 5.50. The number of anilines is 1. The summed E-state index contributed by atoms with van der Waals surface area (Å²) >= 11 is 0. The van der Waals surface area contributed by atoms with Gasteiger partial charge in [0.15, 0.2) is 0 Å². The molecule has 0 radical (unpaired) electrons. The molecule has 1 saturated heterocycles. The molecule has 1 aromatic carbocycles. The van der Waals surface area contributed by atoms with Crippen LogP contribution in [0.3, 0.4) is 0 Å². The summed E-state index contributed by atoms with van der Waals surface area (Å²) in [7, 11) is 1.65. The lowest BCUT2D eigenvalue weighted by Gasteiger charge is -2.35. The Balaban J connectivity index is 1.49. The molecule has 29 heavy (non-hydrogen) atoms. The molecule has 3 aromatic rings. The maximum absolute atomic E-state index is 5.50. The van der Waals surface area contributed by atoms with E-state index in [2.05, 4.69) is 32.3 Å². The highest BCUT2D eigenvalue weighted by atomic mass is 16.5. The van der Waals surface area contributed by atoms with Crippen molar-refractivity contribution in [1.29, 1.82) is 0 Å². The molecule has 7 nitrogen and oxygen atoms in total. The number of piperidine rings is 1. The van der Waals surface area contributed by atoms with E-state index in [0.717, 1.165) is 48.1 Å². The van der Waals surface area contributed by atoms with Gasteiger partial charge in [0, 0.05) is 24.7 Å². The molecule has 0 unspecified atom stereocenters. The van der Waals surface area contributed by atoms with Crippen LogP contribution in [-0.4, -0.2) is 52.8 Å². The van der Waals surface area contributed by atoms with Crippen molar-refractivity contribution in [2.24, 2.45) is 0 Å². The van der Waals surface area contributed by atoms with Crippen molar-refractivity contribution in [2.45, 2.75) is 45.1 Å². The number of ether oxygens (including phenoxy) is 1. The van der Waals surface area contributed by atoms with E-state index in [9.17, 15) is 0 Å². The molecular formula is C22H29N5O2. The van der Waals surface area contributed by atoms with Crippen LogP contribution in [0.25, 0.3) is 22.4 Å². The average Bonchev–Trinajstić information content (AvgIpc) is 3.21. The van der Waals surface area contributed by atoms with Crippen LogP contribution in [0.4, 0.5) is 5.82 Å². The first-order valence-corrected chi connectivity index (χ1v) is 10.5. The summed E-state index contributed by atoms with van der Waals surface area (Å²) in [6.07, 6.45) is 7.84. The minimum atomic E-state index is 0.477. The molecule has 1 aliphatic rings. The first-order chi connectivity index (χ1) is 14.3. The first kappa shape index (κ1) is 19.6. The van der Waals surface area contributed by atoms with Crippen molar-refractivity contribution in [3.63, 3.8) is 0 Å². The number of fused-ring (bicyclic) bond motifs is 1. The van der Waals surface area contributed by atoms with Crippen LogP contribution in [0.5, 0.6) is 5.75 Å². The zero-order valence-electron chi connectivity index (χ0n) is 17.2. The summed E-state index contributed by atoms with van der Waals surface area (Å²) in [5.41, 5.74) is 2.04. The first-order valence-electron chi connectivity index (χ1n) is 10.5. The van der Waals surface area contributed by atoms with Crippen molar-refractivity contribution in [2.75, 3.05) is 32.1 Å². The van der Waals surface area contributed by atoms with Crippen LogP contribution >= 0.6 is 0 Å². The van der Waals surface area contributed by atoms with E-state index < -0.39 is 0 Å². The Labute approximate surface area is 171 Å². The van der Waals surface area contributed by atoms with E-state index in [4.69, 9.17) is 9.26 Å². The van der Waals surface area contributed by atoms with Crippen molar-refractivity contribution < 1.29 is 9.26 Å². The van der Waals surface area contributed by atoms with Gasteiger partial charge in [-0.25, -0.2) is 4.98 Å². The van der Waals surface area contributed by atoms with Crippen LogP contribution in [0, 0.1) is 0 Å². The second kappa shape index (κ2) is 9.22. The molecule has 0 bridgehead atoms. The summed E-state index contributed by atoms with van der Waals surface area (Å²) in [5.74, 6) is 1.50. The summed E-state index contributed by atoms with van der Waals surface area (Å²) in [5, 5.41) is 8.52. The van der Waals surface area contributed by atoms with Crippen LogP contribution in [0.15, 0.2) is 35.1 Å². The van der Waals surface area contributed by atoms with Gasteiger partial charge in [-0.1, -0.05) is 30.6 Å². The molecule has 1 aliphatic heterocycles. The second-order valence-corrected chi connectivity index (χ2v) is 7.51. The zero-order valence-corrected chi connectivity index (χ0v) is 17.2. The van der Waals surface area contributed by atoms with Crippen LogP contribution < -0.4 is 10.1 Å². The van der Waals surface area contributed by atoms with Gasteiger partial charge < -0.3 is 19.5 Å². The molecule has 0 spiro atoms. The van der Waals surface area contributed by atoms with Crippen molar-refractivity contribution in [3.05, 3.63) is 30.6 Å². The molecule has 1 atom stereocenters. The number of nitrogens with zero attached hydrogens (tertiary/aromatic N) is 4. The van der Waals surface area contributed by atoms with E-state index in [0.29, 0.717) is 11.4 Å². The Morgan fingerprint density at radius 1 is 1.24 bits per heavy atom. The summed E-state index contributed by atoms with van der Waals surface area (Å²) in [6.45, 7) is 5.47. The van der Waals surface area contributed by atoms with E-state index in [1.807, 2.05) is 24.3 Å². The predicted octanol–water partition coefficient (Wildman–Crippen LogP) is 4.36. The number of hydrogen-bond acceptors (Lipinski definition) is 7. The zero-order chi connectivity index (χ0) is 20.1. The molecule has 0 amide bonds. The summed E-state index contributed by atoms with van der Waals surface area (Å²) in [4.78, 5) is 11.3. The van der Waals surface area contributed by atoms with Crippen LogP contribution in [-0.2, 0) is 0 Å². The predicted molar refractivity (Wildman–Crippen MR) is 114 cm³/mol. The fourth-order valence-corrected chi connectivity index (χ4v) is 4.25. The minimum Gasteiger partial charge on any atom is -0.496 e. The van der Waals surface area contributed by atoms with Crippen molar-refractivity contribution in [3.8, 4) is 17.0 Å². The molecule has 4 rings (SSSR count). The quantitative estimate of drug-likeness (QED) is 0.568. The van der Waals surface area contributed by atoms with Gasteiger partial charge in [0.2, 0.25) is 0 Å². The lowest BCUT2D eigenvalue weighted by molar-refractivity contribution is 0.144. The van der Waals surface area contributed by atoms with Gasteiger partial charge in [-0.15, -0.1) is 0 Å². The maximum Gasteiger partial charge on any atom is 0.263 e. The van der Waals surface area contributed by atoms with Gasteiger partial charge >= 0.3 is 0 Å². The molecule has 3 heterocycles. The number of nitrogens with one attached hydrogen (secondary N) is 1. The monoisotopic (exact) mass is 395 g/mol. The fourth-order valence-electron chi connectivity index (χ4n) is 4.25. The van der Waals surface area contributed by atoms with E-state index >= 15 is 0 Å². The summed E-state index contributed by atoms with van der Waals surface area (Å²) < 4.78 is 11.0. The Morgan fingerprint density at radius 3 is 3.00 bits per heavy atom. The van der Waals surface area contributed by atoms with E-state index in [-0.39, 0.29) is 0 Å². The van der Waals surface area contributed by atoms with Gasteiger partial charge in [-0.2, -0.15) is 4.98 Å². The highest BCUT2D eigenvalue weighted by molar-refractivity contribution is 5.98. The standard InChI is InChI=1S/C22H29N5O2/c1-3-16-9-6-7-13-27(16)14-8-12-23-21-19-20(26-29-22(19)25-15-24-21)17-10-4-5-11-18(17)28-2/h4-5,10-11,15-16H,3,6-9,12-14H2,1-2H3,(H,23,24,25)/t16-/m1/s1. The van der Waals surface area contributed by atoms with Gasteiger partial charge in [0.1, 0.15) is 29.0 Å². The van der Waals surface area contributed by atoms with Gasteiger partial charge in [0.05, 0.1) is 7.11 Å². The van der Waals surface area contributed by atoms with Gasteiger partial charge in [-0.05, 0) is 44.4 Å². The van der Waals surface area contributed by atoms with Crippen LogP contribution in [0.2, 0.25) is 0 Å². The van der Waals surface area contributed by atoms with Gasteiger partial charge in [-0.3, -0.25) is 0 Å². The molecule has 7 heteroatoms. The smallest absolute Gasteiger partial charge is 0.263 e. The third-order valence-corrected chi connectivity index (χ3v) is 5.77. The SMILES string of the molecule is CC[C@@H]1CCCCN1CCCNc1ncnc2onc(-c3ccccc3OC)c12. The molecule has 1 N–H and O–H groups in total. The topological polar surface area (TPSA) is 76.3 Å². The molecular weight excluding hydrogens is 366 g/mol. The lowest BCUT2D eigenvalue weighted by atomic mass is 10.00. The number of para-hydroxylation sites is 1. The highest BCUT2D eigenvalue weighted by Gasteiger charge is 2.21. The Hall–Kier alpha value is -2.67. The number of hydrogen-bond donors (Lipinski definition) is 1. The summed E-state index contributed by atoms with van der Waals surface area (Å²) in [6, 6.07) is 8.51. The normalized spacial score (nSPS) is 17.5. The third kappa shape index (κ3) is 4.19. The van der Waals surface area contributed by atoms with E-state index in [1.54, 1.807) is 7.11 Å². The van der Waals surface area contributed by atoms with Crippen molar-refractivity contribution in [1.82, 2.24) is 20.0 Å². The lowest BCUT2D eigenvalue weighted by Crippen LogP contribution is -2.40. The van der Waals surface area contributed by atoms with Gasteiger partial charge in [0.25, 0.3) is 5.71 Å². The number of rotatable bonds is 8. The number of aromatic nitrogens is 3. The Kier molecular flexibility index (Phi) is 6.24. The average molecular weight is 396 g/mol.